The van der Waals surface area contributed by atoms with Crippen LogP contribution in [0.2, 0.25) is 0 Å². The van der Waals surface area contributed by atoms with Gasteiger partial charge in [0.1, 0.15) is 0 Å². The summed E-state index contributed by atoms with van der Waals surface area (Å²) in [7, 11) is 0. The Morgan fingerprint density at radius 1 is 1.36 bits per heavy atom. The SMILES string of the molecule is C=CCn1c(SCC(=O)NC2CCCCC2)nnc1-c1cccc([N+](=O)[O-])c1. The summed E-state index contributed by atoms with van der Waals surface area (Å²) in [6.45, 7) is 4.20. The lowest BCUT2D eigenvalue weighted by Gasteiger charge is -2.22. The number of benzene rings is 1. The molecule has 0 bridgehead atoms. The van der Waals surface area contributed by atoms with Crippen LogP contribution >= 0.6 is 11.8 Å². The molecular formula is C19H23N5O3S. The predicted octanol–water partition coefficient (Wildman–Crippen LogP) is 3.58. The molecule has 0 aliphatic heterocycles. The maximum Gasteiger partial charge on any atom is 0.270 e. The van der Waals surface area contributed by atoms with Crippen LogP contribution < -0.4 is 5.32 Å². The first kappa shape index (κ1) is 20.1. The van der Waals surface area contributed by atoms with Crippen LogP contribution in [-0.2, 0) is 11.3 Å². The van der Waals surface area contributed by atoms with Crippen molar-refractivity contribution in [2.45, 2.75) is 49.8 Å². The van der Waals surface area contributed by atoms with Crippen molar-refractivity contribution in [3.8, 4) is 11.4 Å². The van der Waals surface area contributed by atoms with Gasteiger partial charge in [-0.25, -0.2) is 0 Å². The van der Waals surface area contributed by atoms with E-state index >= 15 is 0 Å². The minimum absolute atomic E-state index is 0.00767. The molecule has 3 rings (SSSR count). The number of rotatable bonds is 8. The normalized spacial score (nSPS) is 14.6. The number of nitro groups is 1. The summed E-state index contributed by atoms with van der Waals surface area (Å²) < 4.78 is 1.81. The number of allylic oxidation sites excluding steroid dienone is 1. The van der Waals surface area contributed by atoms with Crippen molar-refractivity contribution in [1.82, 2.24) is 20.1 Å². The fourth-order valence-corrected chi connectivity index (χ4v) is 4.07. The highest BCUT2D eigenvalue weighted by Crippen LogP contribution is 2.26. The number of hydrogen-bond donors (Lipinski definition) is 1. The van der Waals surface area contributed by atoms with Crippen LogP contribution in [0.25, 0.3) is 11.4 Å². The van der Waals surface area contributed by atoms with Crippen LogP contribution in [0.1, 0.15) is 32.1 Å². The summed E-state index contributed by atoms with van der Waals surface area (Å²) >= 11 is 1.31. The van der Waals surface area contributed by atoms with Gasteiger partial charge in [0.25, 0.3) is 5.69 Å². The topological polar surface area (TPSA) is 103 Å². The molecule has 0 atom stereocenters. The molecule has 0 radical (unpaired) electrons. The van der Waals surface area contributed by atoms with Crippen LogP contribution in [0.4, 0.5) is 5.69 Å². The number of amides is 1. The number of nitrogens with one attached hydrogen (secondary N) is 1. The Hall–Kier alpha value is -2.68. The quantitative estimate of drug-likeness (QED) is 0.314. The molecule has 1 aromatic carbocycles. The van der Waals surface area contributed by atoms with E-state index in [-0.39, 0.29) is 23.4 Å². The molecule has 1 amide bonds. The van der Waals surface area contributed by atoms with Gasteiger partial charge in [0, 0.05) is 30.3 Å². The molecule has 1 aliphatic carbocycles. The van der Waals surface area contributed by atoms with Crippen molar-refractivity contribution in [1.29, 1.82) is 0 Å². The van der Waals surface area contributed by atoms with E-state index in [1.54, 1.807) is 18.2 Å². The lowest BCUT2D eigenvalue weighted by atomic mass is 9.95. The second kappa shape index (κ2) is 9.50. The minimum atomic E-state index is -0.441. The Kier molecular flexibility index (Phi) is 6.80. The highest BCUT2D eigenvalue weighted by molar-refractivity contribution is 7.99. The van der Waals surface area contributed by atoms with Gasteiger partial charge in [-0.1, -0.05) is 49.2 Å². The smallest absolute Gasteiger partial charge is 0.270 e. The third kappa shape index (κ3) is 4.98. The number of thioether (sulfide) groups is 1. The molecule has 1 saturated carbocycles. The number of nitro benzene ring substituents is 1. The Labute approximate surface area is 167 Å². The maximum atomic E-state index is 12.3. The number of aromatic nitrogens is 3. The van der Waals surface area contributed by atoms with Crippen molar-refractivity contribution < 1.29 is 9.72 Å². The molecular weight excluding hydrogens is 378 g/mol. The van der Waals surface area contributed by atoms with E-state index < -0.39 is 4.92 Å². The molecule has 148 valence electrons. The summed E-state index contributed by atoms with van der Waals surface area (Å²) in [6, 6.07) is 6.54. The second-order valence-corrected chi connectivity index (χ2v) is 7.65. The van der Waals surface area contributed by atoms with Gasteiger partial charge in [-0.2, -0.15) is 0 Å². The number of carbonyl (C=O) groups excluding carboxylic acids is 1. The summed E-state index contributed by atoms with van der Waals surface area (Å²) in [5.74, 6) is 0.751. The molecule has 9 heteroatoms. The zero-order valence-corrected chi connectivity index (χ0v) is 16.4. The molecule has 0 unspecified atom stereocenters. The third-order valence-electron chi connectivity index (χ3n) is 4.65. The number of nitrogens with zero attached hydrogens (tertiary/aromatic N) is 4. The fourth-order valence-electron chi connectivity index (χ4n) is 3.31. The van der Waals surface area contributed by atoms with E-state index in [1.165, 1.54) is 43.2 Å². The van der Waals surface area contributed by atoms with E-state index in [0.717, 1.165) is 12.8 Å². The van der Waals surface area contributed by atoms with Gasteiger partial charge in [0.15, 0.2) is 11.0 Å². The highest BCUT2D eigenvalue weighted by Gasteiger charge is 2.19. The second-order valence-electron chi connectivity index (χ2n) is 6.70. The average Bonchev–Trinajstić information content (AvgIpc) is 3.10. The minimum Gasteiger partial charge on any atom is -0.353 e. The van der Waals surface area contributed by atoms with E-state index in [0.29, 0.717) is 23.1 Å². The first-order valence-corrected chi connectivity index (χ1v) is 10.3. The number of non-ortho nitro benzene ring substituents is 1. The molecule has 1 aliphatic rings. The summed E-state index contributed by atoms with van der Waals surface area (Å²) in [4.78, 5) is 22.9. The monoisotopic (exact) mass is 401 g/mol. The molecule has 2 aromatic rings. The maximum absolute atomic E-state index is 12.3. The Balaban J connectivity index is 1.71. The van der Waals surface area contributed by atoms with E-state index in [2.05, 4.69) is 22.1 Å². The zero-order chi connectivity index (χ0) is 19.9. The van der Waals surface area contributed by atoms with Crippen LogP contribution in [0.15, 0.2) is 42.1 Å². The van der Waals surface area contributed by atoms with Crippen molar-refractivity contribution in [3.05, 3.63) is 47.0 Å². The van der Waals surface area contributed by atoms with E-state index in [1.807, 2.05) is 4.57 Å². The van der Waals surface area contributed by atoms with Gasteiger partial charge in [0.05, 0.1) is 10.7 Å². The van der Waals surface area contributed by atoms with Gasteiger partial charge in [-0.05, 0) is 12.8 Å². The highest BCUT2D eigenvalue weighted by atomic mass is 32.2. The lowest BCUT2D eigenvalue weighted by molar-refractivity contribution is -0.384. The van der Waals surface area contributed by atoms with Crippen molar-refractivity contribution >= 4 is 23.4 Å². The van der Waals surface area contributed by atoms with Crippen LogP contribution in [0.3, 0.4) is 0 Å². The molecule has 8 nitrogen and oxygen atoms in total. The van der Waals surface area contributed by atoms with Crippen molar-refractivity contribution in [2.24, 2.45) is 0 Å². The van der Waals surface area contributed by atoms with Crippen LogP contribution in [0.5, 0.6) is 0 Å². The molecule has 1 aromatic heterocycles. The molecule has 0 saturated heterocycles. The van der Waals surface area contributed by atoms with Gasteiger partial charge in [0.2, 0.25) is 5.91 Å². The first-order valence-electron chi connectivity index (χ1n) is 9.29. The zero-order valence-electron chi connectivity index (χ0n) is 15.5. The predicted molar refractivity (Wildman–Crippen MR) is 108 cm³/mol. The Bertz CT molecular complexity index is 861. The Morgan fingerprint density at radius 3 is 2.86 bits per heavy atom. The molecule has 1 heterocycles. The average molecular weight is 401 g/mol. The van der Waals surface area contributed by atoms with Gasteiger partial charge in [-0.3, -0.25) is 19.5 Å². The molecule has 1 fully saturated rings. The van der Waals surface area contributed by atoms with Crippen LogP contribution in [0, 0.1) is 10.1 Å². The van der Waals surface area contributed by atoms with E-state index in [4.69, 9.17) is 0 Å². The first-order chi connectivity index (χ1) is 13.6. The van der Waals surface area contributed by atoms with Crippen molar-refractivity contribution in [2.75, 3.05) is 5.75 Å². The molecule has 0 spiro atoms. The third-order valence-corrected chi connectivity index (χ3v) is 5.61. The van der Waals surface area contributed by atoms with E-state index in [9.17, 15) is 14.9 Å². The molecule has 28 heavy (non-hydrogen) atoms. The van der Waals surface area contributed by atoms with Crippen molar-refractivity contribution in [3.63, 3.8) is 0 Å². The largest absolute Gasteiger partial charge is 0.353 e. The summed E-state index contributed by atoms with van der Waals surface area (Å²) in [5, 5.41) is 23.1. The standard InChI is InChI=1S/C19H23N5O3S/c1-2-11-23-18(14-7-6-10-16(12-14)24(26)27)21-22-19(23)28-13-17(25)20-15-8-4-3-5-9-15/h2,6-7,10,12,15H,1,3-5,8-9,11,13H2,(H,20,25). The number of carbonyl (C=O) groups is 1. The fraction of sp³-hybridized carbons (Fsp3) is 0.421. The summed E-state index contributed by atoms with van der Waals surface area (Å²) in [6.07, 6.45) is 7.36. The van der Waals surface area contributed by atoms with Gasteiger partial charge < -0.3 is 5.32 Å². The Morgan fingerprint density at radius 2 is 2.14 bits per heavy atom. The van der Waals surface area contributed by atoms with Gasteiger partial charge in [-0.15, -0.1) is 16.8 Å². The summed E-state index contributed by atoms with van der Waals surface area (Å²) in [5.41, 5.74) is 0.591. The number of hydrogen-bond acceptors (Lipinski definition) is 6. The van der Waals surface area contributed by atoms with Crippen LogP contribution in [-0.4, -0.2) is 37.4 Å². The molecule has 1 N–H and O–H groups in total. The van der Waals surface area contributed by atoms with Gasteiger partial charge >= 0.3 is 0 Å². The lowest BCUT2D eigenvalue weighted by Crippen LogP contribution is -2.37.